The van der Waals surface area contributed by atoms with E-state index >= 15 is 0 Å². The van der Waals surface area contributed by atoms with Crippen molar-refractivity contribution in [1.82, 2.24) is 15.1 Å². The second-order valence-corrected chi connectivity index (χ2v) is 5.96. The van der Waals surface area contributed by atoms with Crippen LogP contribution in [-0.4, -0.2) is 22.3 Å². The summed E-state index contributed by atoms with van der Waals surface area (Å²) in [6.45, 7) is 4.41. The second kappa shape index (κ2) is 7.66. The predicted molar refractivity (Wildman–Crippen MR) is 96.8 cm³/mol. The summed E-state index contributed by atoms with van der Waals surface area (Å²) in [6, 6.07) is 15.7. The third-order valence-corrected chi connectivity index (χ3v) is 3.84. The molecular formula is C20H21N3O2. The van der Waals surface area contributed by atoms with Gasteiger partial charge in [-0.1, -0.05) is 35.9 Å². The molecule has 0 unspecified atom stereocenters. The van der Waals surface area contributed by atoms with Gasteiger partial charge in [-0.15, -0.1) is 0 Å². The molecule has 0 fully saturated rings. The van der Waals surface area contributed by atoms with Crippen LogP contribution in [0.5, 0.6) is 5.75 Å². The number of para-hydroxylation sites is 1. The highest BCUT2D eigenvalue weighted by Crippen LogP contribution is 2.18. The minimum Gasteiger partial charge on any atom is -0.484 e. The Labute approximate surface area is 147 Å². The average Bonchev–Trinajstić information content (AvgIpc) is 3.09. The van der Waals surface area contributed by atoms with Crippen LogP contribution in [-0.2, 0) is 11.3 Å². The van der Waals surface area contributed by atoms with Crippen molar-refractivity contribution in [1.29, 1.82) is 0 Å². The Bertz CT molecular complexity index is 856. The Morgan fingerprint density at radius 2 is 1.96 bits per heavy atom. The van der Waals surface area contributed by atoms with E-state index in [1.165, 1.54) is 5.56 Å². The minimum atomic E-state index is -0.160. The molecule has 0 atom stereocenters. The molecule has 3 aromatic rings. The van der Waals surface area contributed by atoms with E-state index in [-0.39, 0.29) is 12.5 Å². The van der Waals surface area contributed by atoms with Crippen molar-refractivity contribution >= 4 is 5.91 Å². The fourth-order valence-electron chi connectivity index (χ4n) is 2.53. The van der Waals surface area contributed by atoms with Crippen LogP contribution in [0.1, 0.15) is 16.7 Å². The zero-order valence-corrected chi connectivity index (χ0v) is 14.4. The van der Waals surface area contributed by atoms with Crippen LogP contribution < -0.4 is 10.1 Å². The monoisotopic (exact) mass is 335 g/mol. The summed E-state index contributed by atoms with van der Waals surface area (Å²) in [5.41, 5.74) is 4.11. The number of hydrogen-bond donors (Lipinski definition) is 1. The van der Waals surface area contributed by atoms with Crippen LogP contribution in [0.4, 0.5) is 0 Å². The van der Waals surface area contributed by atoms with Crippen LogP contribution in [0.2, 0.25) is 0 Å². The van der Waals surface area contributed by atoms with Crippen molar-refractivity contribution in [2.24, 2.45) is 0 Å². The minimum absolute atomic E-state index is 0.00325. The van der Waals surface area contributed by atoms with Gasteiger partial charge in [-0.3, -0.25) is 4.79 Å². The summed E-state index contributed by atoms with van der Waals surface area (Å²) in [7, 11) is 0. The molecule has 2 aromatic carbocycles. The number of aromatic nitrogens is 2. The number of carbonyl (C=O) groups is 1. The van der Waals surface area contributed by atoms with Gasteiger partial charge in [0.15, 0.2) is 6.61 Å². The van der Waals surface area contributed by atoms with E-state index in [0.717, 1.165) is 22.6 Å². The van der Waals surface area contributed by atoms with Gasteiger partial charge in [-0.05, 0) is 37.6 Å². The van der Waals surface area contributed by atoms with E-state index in [0.29, 0.717) is 6.54 Å². The van der Waals surface area contributed by atoms with Crippen LogP contribution in [0.15, 0.2) is 60.9 Å². The molecule has 0 bridgehead atoms. The molecule has 0 aliphatic heterocycles. The van der Waals surface area contributed by atoms with Crippen LogP contribution in [0.3, 0.4) is 0 Å². The lowest BCUT2D eigenvalue weighted by Gasteiger charge is -2.09. The standard InChI is InChI=1S/C20H21N3O2/c1-15-8-9-19(16(2)10-15)25-14-20(24)21-11-17-12-22-23(13-17)18-6-4-3-5-7-18/h3-10,12-13H,11,14H2,1-2H3,(H,21,24). The maximum absolute atomic E-state index is 12.0. The van der Waals surface area contributed by atoms with E-state index < -0.39 is 0 Å². The Kier molecular flexibility index (Phi) is 5.14. The Balaban J connectivity index is 1.50. The van der Waals surface area contributed by atoms with Gasteiger partial charge < -0.3 is 10.1 Å². The van der Waals surface area contributed by atoms with E-state index in [9.17, 15) is 4.79 Å². The molecule has 5 heteroatoms. The fourth-order valence-corrected chi connectivity index (χ4v) is 2.53. The first kappa shape index (κ1) is 16.8. The summed E-state index contributed by atoms with van der Waals surface area (Å²) in [6.07, 6.45) is 3.65. The summed E-state index contributed by atoms with van der Waals surface area (Å²) in [5.74, 6) is 0.574. The van der Waals surface area contributed by atoms with Gasteiger partial charge in [0, 0.05) is 18.3 Å². The molecule has 0 aliphatic carbocycles. The quantitative estimate of drug-likeness (QED) is 0.753. The number of rotatable bonds is 6. The number of hydrogen-bond acceptors (Lipinski definition) is 3. The molecule has 0 saturated heterocycles. The summed E-state index contributed by atoms with van der Waals surface area (Å²) < 4.78 is 7.37. The molecule has 0 aliphatic rings. The van der Waals surface area contributed by atoms with Crippen molar-refractivity contribution in [3.63, 3.8) is 0 Å². The van der Waals surface area contributed by atoms with Gasteiger partial charge in [0.25, 0.3) is 5.91 Å². The lowest BCUT2D eigenvalue weighted by molar-refractivity contribution is -0.123. The lowest BCUT2D eigenvalue weighted by atomic mass is 10.1. The normalized spacial score (nSPS) is 10.5. The number of nitrogens with zero attached hydrogens (tertiary/aromatic N) is 2. The molecule has 0 saturated carbocycles. The van der Waals surface area contributed by atoms with Crippen molar-refractivity contribution in [2.75, 3.05) is 6.61 Å². The van der Waals surface area contributed by atoms with Crippen LogP contribution in [0.25, 0.3) is 5.69 Å². The van der Waals surface area contributed by atoms with Gasteiger partial charge >= 0.3 is 0 Å². The van der Waals surface area contributed by atoms with E-state index in [4.69, 9.17) is 4.74 Å². The Morgan fingerprint density at radius 1 is 1.16 bits per heavy atom. The maximum atomic E-state index is 12.0. The third-order valence-electron chi connectivity index (χ3n) is 3.84. The predicted octanol–water partition coefficient (Wildman–Crippen LogP) is 3.18. The topological polar surface area (TPSA) is 56.1 Å². The van der Waals surface area contributed by atoms with Crippen molar-refractivity contribution < 1.29 is 9.53 Å². The number of amides is 1. The maximum Gasteiger partial charge on any atom is 0.258 e. The van der Waals surface area contributed by atoms with Gasteiger partial charge in [-0.25, -0.2) is 4.68 Å². The lowest BCUT2D eigenvalue weighted by Crippen LogP contribution is -2.28. The number of carbonyl (C=O) groups excluding carboxylic acids is 1. The zero-order chi connectivity index (χ0) is 17.6. The number of ether oxygens (including phenoxy) is 1. The Hall–Kier alpha value is -3.08. The van der Waals surface area contributed by atoms with Crippen molar-refractivity contribution in [3.8, 4) is 11.4 Å². The molecule has 0 spiro atoms. The first-order valence-electron chi connectivity index (χ1n) is 8.17. The van der Waals surface area contributed by atoms with Gasteiger partial charge in [0.1, 0.15) is 5.75 Å². The molecule has 1 amide bonds. The van der Waals surface area contributed by atoms with E-state index in [1.807, 2.05) is 68.6 Å². The molecule has 1 aromatic heterocycles. The van der Waals surface area contributed by atoms with E-state index in [1.54, 1.807) is 10.9 Å². The van der Waals surface area contributed by atoms with Gasteiger partial charge in [0.2, 0.25) is 0 Å². The molecule has 3 rings (SSSR count). The first-order chi connectivity index (χ1) is 12.1. The molecule has 1 N–H and O–H groups in total. The molecule has 25 heavy (non-hydrogen) atoms. The van der Waals surface area contributed by atoms with Crippen molar-refractivity contribution in [3.05, 3.63) is 77.6 Å². The molecule has 1 heterocycles. The third kappa shape index (κ3) is 4.47. The zero-order valence-electron chi connectivity index (χ0n) is 14.4. The summed E-state index contributed by atoms with van der Waals surface area (Å²) in [5, 5.41) is 7.16. The number of benzene rings is 2. The highest BCUT2D eigenvalue weighted by molar-refractivity contribution is 5.77. The fraction of sp³-hybridized carbons (Fsp3) is 0.200. The number of nitrogens with one attached hydrogen (secondary N) is 1. The van der Waals surface area contributed by atoms with E-state index in [2.05, 4.69) is 10.4 Å². The van der Waals surface area contributed by atoms with Crippen LogP contribution in [0, 0.1) is 13.8 Å². The number of aryl methyl sites for hydroxylation is 2. The highest BCUT2D eigenvalue weighted by atomic mass is 16.5. The summed E-state index contributed by atoms with van der Waals surface area (Å²) in [4.78, 5) is 12.0. The molecule has 128 valence electrons. The molecule has 0 radical (unpaired) electrons. The second-order valence-electron chi connectivity index (χ2n) is 5.96. The first-order valence-corrected chi connectivity index (χ1v) is 8.17. The highest BCUT2D eigenvalue weighted by Gasteiger charge is 2.06. The largest absolute Gasteiger partial charge is 0.484 e. The molecule has 5 nitrogen and oxygen atoms in total. The Morgan fingerprint density at radius 3 is 2.72 bits per heavy atom. The van der Waals surface area contributed by atoms with Gasteiger partial charge in [-0.2, -0.15) is 5.10 Å². The van der Waals surface area contributed by atoms with Crippen molar-refractivity contribution in [2.45, 2.75) is 20.4 Å². The van der Waals surface area contributed by atoms with Crippen LogP contribution >= 0.6 is 0 Å². The molecular weight excluding hydrogens is 314 g/mol. The summed E-state index contributed by atoms with van der Waals surface area (Å²) >= 11 is 0. The SMILES string of the molecule is Cc1ccc(OCC(=O)NCc2cnn(-c3ccccc3)c2)c(C)c1. The van der Waals surface area contributed by atoms with Gasteiger partial charge in [0.05, 0.1) is 11.9 Å². The average molecular weight is 335 g/mol. The smallest absolute Gasteiger partial charge is 0.258 e.